The minimum atomic E-state index is -3.58. The predicted molar refractivity (Wildman–Crippen MR) is 81.4 cm³/mol. The summed E-state index contributed by atoms with van der Waals surface area (Å²) in [7, 11) is -3.58. The first-order valence-corrected chi connectivity index (χ1v) is 8.92. The Labute approximate surface area is 130 Å². The Bertz CT molecular complexity index is 570. The first kappa shape index (κ1) is 16.5. The van der Waals surface area contributed by atoms with E-state index in [-0.39, 0.29) is 17.5 Å². The molecule has 0 saturated carbocycles. The molecule has 21 heavy (non-hydrogen) atoms. The van der Waals surface area contributed by atoms with Crippen molar-refractivity contribution in [3.8, 4) is 5.75 Å². The van der Waals surface area contributed by atoms with Gasteiger partial charge in [0.1, 0.15) is 5.75 Å². The van der Waals surface area contributed by atoms with Crippen molar-refractivity contribution in [1.82, 2.24) is 4.72 Å². The van der Waals surface area contributed by atoms with E-state index in [1.165, 1.54) is 18.2 Å². The zero-order valence-electron chi connectivity index (χ0n) is 12.0. The van der Waals surface area contributed by atoms with Gasteiger partial charge in [-0.05, 0) is 31.4 Å². The molecule has 0 spiro atoms. The molecule has 1 saturated heterocycles. The van der Waals surface area contributed by atoms with Crippen LogP contribution < -0.4 is 9.46 Å². The number of halogens is 1. The zero-order valence-corrected chi connectivity index (χ0v) is 13.5. The van der Waals surface area contributed by atoms with Gasteiger partial charge in [-0.1, -0.05) is 18.5 Å². The van der Waals surface area contributed by atoms with E-state index in [9.17, 15) is 8.42 Å². The average molecular weight is 334 g/mol. The molecule has 1 aliphatic rings. The van der Waals surface area contributed by atoms with Gasteiger partial charge in [0, 0.05) is 19.2 Å². The topological polar surface area (TPSA) is 64.6 Å². The van der Waals surface area contributed by atoms with Crippen LogP contribution in [0.25, 0.3) is 0 Å². The fourth-order valence-corrected chi connectivity index (χ4v) is 3.32. The van der Waals surface area contributed by atoms with Gasteiger partial charge in [-0.2, -0.15) is 0 Å². The first-order valence-electron chi connectivity index (χ1n) is 7.06. The zero-order chi connectivity index (χ0) is 15.3. The van der Waals surface area contributed by atoms with Crippen molar-refractivity contribution in [1.29, 1.82) is 0 Å². The number of sulfonamides is 1. The molecule has 5 nitrogen and oxygen atoms in total. The van der Waals surface area contributed by atoms with Crippen LogP contribution in [0.5, 0.6) is 5.75 Å². The number of hydrogen-bond donors (Lipinski definition) is 1. The molecule has 1 atom stereocenters. The third kappa shape index (κ3) is 4.57. The molecule has 1 aromatic rings. The standard InChI is InChI=1S/C14H20ClNO4S/c1-2-7-20-14-9-12(5-6-13(14)15)21(17,18)16-10-11-4-3-8-19-11/h5-6,9,11,16H,2-4,7-8,10H2,1H3/t11-/m1/s1. The maximum atomic E-state index is 12.3. The van der Waals surface area contributed by atoms with Crippen molar-refractivity contribution in [3.63, 3.8) is 0 Å². The summed E-state index contributed by atoms with van der Waals surface area (Å²) in [5.41, 5.74) is 0. The van der Waals surface area contributed by atoms with Crippen molar-refractivity contribution in [2.75, 3.05) is 19.8 Å². The third-order valence-electron chi connectivity index (χ3n) is 3.20. The highest BCUT2D eigenvalue weighted by Gasteiger charge is 2.21. The lowest BCUT2D eigenvalue weighted by molar-refractivity contribution is 0.114. The van der Waals surface area contributed by atoms with E-state index in [0.717, 1.165) is 19.3 Å². The number of hydrogen-bond acceptors (Lipinski definition) is 4. The Morgan fingerprint density at radius 1 is 1.48 bits per heavy atom. The third-order valence-corrected chi connectivity index (χ3v) is 4.93. The summed E-state index contributed by atoms with van der Waals surface area (Å²) in [6, 6.07) is 4.46. The Kier molecular flexibility index (Phi) is 5.87. The van der Waals surface area contributed by atoms with E-state index in [2.05, 4.69) is 4.72 Å². The molecule has 1 aliphatic heterocycles. The monoisotopic (exact) mass is 333 g/mol. The van der Waals surface area contributed by atoms with E-state index in [1.807, 2.05) is 6.92 Å². The fraction of sp³-hybridized carbons (Fsp3) is 0.571. The Balaban J connectivity index is 2.07. The summed E-state index contributed by atoms with van der Waals surface area (Å²) < 4.78 is 37.9. The van der Waals surface area contributed by atoms with Crippen LogP contribution in [0.15, 0.2) is 23.1 Å². The van der Waals surface area contributed by atoms with E-state index in [0.29, 0.717) is 24.0 Å². The van der Waals surface area contributed by atoms with Crippen molar-refractivity contribution >= 4 is 21.6 Å². The molecule has 0 radical (unpaired) electrons. The summed E-state index contributed by atoms with van der Waals surface area (Å²) in [6.07, 6.45) is 2.64. The Morgan fingerprint density at radius 2 is 2.29 bits per heavy atom. The van der Waals surface area contributed by atoms with Crippen molar-refractivity contribution in [3.05, 3.63) is 23.2 Å². The molecule has 0 aromatic heterocycles. The molecule has 0 amide bonds. The van der Waals surface area contributed by atoms with Crippen LogP contribution in [0.1, 0.15) is 26.2 Å². The van der Waals surface area contributed by atoms with Crippen molar-refractivity contribution in [2.45, 2.75) is 37.2 Å². The van der Waals surface area contributed by atoms with Crippen molar-refractivity contribution in [2.24, 2.45) is 0 Å². The largest absolute Gasteiger partial charge is 0.492 e. The predicted octanol–water partition coefficient (Wildman–Crippen LogP) is 2.59. The van der Waals surface area contributed by atoms with E-state index in [1.54, 1.807) is 0 Å². The lowest BCUT2D eigenvalue weighted by Crippen LogP contribution is -2.31. The lowest BCUT2D eigenvalue weighted by Gasteiger charge is -2.13. The van der Waals surface area contributed by atoms with E-state index >= 15 is 0 Å². The van der Waals surface area contributed by atoms with Crippen LogP contribution in [0.3, 0.4) is 0 Å². The Morgan fingerprint density at radius 3 is 2.95 bits per heavy atom. The summed E-state index contributed by atoms with van der Waals surface area (Å²) in [5.74, 6) is 0.388. The van der Waals surface area contributed by atoms with Crippen LogP contribution in [-0.4, -0.2) is 34.3 Å². The van der Waals surface area contributed by atoms with E-state index in [4.69, 9.17) is 21.1 Å². The lowest BCUT2D eigenvalue weighted by atomic mass is 10.2. The fourth-order valence-electron chi connectivity index (χ4n) is 2.06. The van der Waals surface area contributed by atoms with E-state index < -0.39 is 10.0 Å². The highest BCUT2D eigenvalue weighted by atomic mass is 35.5. The quantitative estimate of drug-likeness (QED) is 0.833. The van der Waals surface area contributed by atoms with Crippen LogP contribution in [0, 0.1) is 0 Å². The molecule has 7 heteroatoms. The second-order valence-electron chi connectivity index (χ2n) is 4.93. The SMILES string of the molecule is CCCOc1cc(S(=O)(=O)NC[C@H]2CCCO2)ccc1Cl. The molecule has 0 unspecified atom stereocenters. The molecule has 2 rings (SSSR count). The van der Waals surface area contributed by atoms with Gasteiger partial charge in [-0.25, -0.2) is 13.1 Å². The molecule has 1 heterocycles. The van der Waals surface area contributed by atoms with Gasteiger partial charge in [0.15, 0.2) is 0 Å². The summed E-state index contributed by atoms with van der Waals surface area (Å²) in [4.78, 5) is 0.149. The second-order valence-corrected chi connectivity index (χ2v) is 7.10. The molecule has 118 valence electrons. The molecular formula is C14H20ClNO4S. The van der Waals surface area contributed by atoms with Gasteiger partial charge >= 0.3 is 0 Å². The van der Waals surface area contributed by atoms with Gasteiger partial charge < -0.3 is 9.47 Å². The first-order chi connectivity index (χ1) is 10.0. The molecule has 0 aliphatic carbocycles. The molecule has 1 N–H and O–H groups in total. The number of benzene rings is 1. The smallest absolute Gasteiger partial charge is 0.240 e. The summed E-state index contributed by atoms with van der Waals surface area (Å²) >= 11 is 6.00. The average Bonchev–Trinajstić information content (AvgIpc) is 2.97. The van der Waals surface area contributed by atoms with Crippen molar-refractivity contribution < 1.29 is 17.9 Å². The second kappa shape index (κ2) is 7.45. The highest BCUT2D eigenvalue weighted by molar-refractivity contribution is 7.89. The number of nitrogens with one attached hydrogen (secondary N) is 1. The van der Waals surface area contributed by atoms with Gasteiger partial charge in [0.25, 0.3) is 0 Å². The number of rotatable bonds is 7. The van der Waals surface area contributed by atoms with Gasteiger partial charge in [-0.3, -0.25) is 0 Å². The number of ether oxygens (including phenoxy) is 2. The van der Waals surface area contributed by atoms with Gasteiger partial charge in [-0.15, -0.1) is 0 Å². The Hall–Kier alpha value is -0.820. The van der Waals surface area contributed by atoms with Crippen LogP contribution in [-0.2, 0) is 14.8 Å². The minimum Gasteiger partial charge on any atom is -0.492 e. The maximum absolute atomic E-state index is 12.3. The van der Waals surface area contributed by atoms with Crippen LogP contribution in [0.2, 0.25) is 5.02 Å². The molecule has 0 bridgehead atoms. The summed E-state index contributed by atoms with van der Waals surface area (Å²) in [5, 5.41) is 0.404. The molecular weight excluding hydrogens is 314 g/mol. The normalized spacial score (nSPS) is 18.9. The van der Waals surface area contributed by atoms with Gasteiger partial charge in [0.2, 0.25) is 10.0 Å². The van der Waals surface area contributed by atoms with Crippen LogP contribution in [0.4, 0.5) is 0 Å². The molecule has 1 aromatic carbocycles. The molecule has 1 fully saturated rings. The minimum absolute atomic E-state index is 0.0390. The summed E-state index contributed by atoms with van der Waals surface area (Å²) in [6.45, 7) is 3.45. The van der Waals surface area contributed by atoms with Crippen LogP contribution >= 0.6 is 11.6 Å². The maximum Gasteiger partial charge on any atom is 0.240 e. The van der Waals surface area contributed by atoms with Gasteiger partial charge in [0.05, 0.1) is 22.6 Å². The highest BCUT2D eigenvalue weighted by Crippen LogP contribution is 2.27.